The standard InChI is InChI=1S/C11H20O3/c1-2-14-8-10(12)7-9-5-3-4-6-11(9)13/h9-10,12H,2-8H2,1H3. The number of ketones is 1. The van der Waals surface area contributed by atoms with Gasteiger partial charge in [-0.2, -0.15) is 0 Å². The highest BCUT2D eigenvalue weighted by Gasteiger charge is 2.24. The Morgan fingerprint density at radius 3 is 3.00 bits per heavy atom. The lowest BCUT2D eigenvalue weighted by molar-refractivity contribution is -0.126. The Morgan fingerprint density at radius 2 is 2.36 bits per heavy atom. The Kier molecular flexibility index (Phi) is 5.12. The van der Waals surface area contributed by atoms with Crippen LogP contribution in [0.3, 0.4) is 0 Å². The summed E-state index contributed by atoms with van der Waals surface area (Å²) in [5.74, 6) is 0.408. The number of carbonyl (C=O) groups is 1. The summed E-state index contributed by atoms with van der Waals surface area (Å²) in [5.41, 5.74) is 0. The lowest BCUT2D eigenvalue weighted by atomic mass is 9.84. The highest BCUT2D eigenvalue weighted by molar-refractivity contribution is 5.81. The van der Waals surface area contributed by atoms with E-state index in [0.29, 0.717) is 31.8 Å². The van der Waals surface area contributed by atoms with Crippen molar-refractivity contribution in [1.82, 2.24) is 0 Å². The quantitative estimate of drug-likeness (QED) is 0.732. The Labute approximate surface area is 85.5 Å². The van der Waals surface area contributed by atoms with Crippen LogP contribution < -0.4 is 0 Å². The maximum atomic E-state index is 11.5. The van der Waals surface area contributed by atoms with E-state index in [9.17, 15) is 9.90 Å². The molecule has 0 bridgehead atoms. The molecule has 1 fully saturated rings. The maximum Gasteiger partial charge on any atom is 0.136 e. The number of Topliss-reactive ketones (excluding diaryl/α,β-unsaturated/α-hetero) is 1. The lowest BCUT2D eigenvalue weighted by Gasteiger charge is -2.22. The fraction of sp³-hybridized carbons (Fsp3) is 0.909. The van der Waals surface area contributed by atoms with Crippen LogP contribution in [0.1, 0.15) is 39.0 Å². The van der Waals surface area contributed by atoms with Crippen LogP contribution >= 0.6 is 0 Å². The molecule has 1 aliphatic carbocycles. The first-order valence-corrected chi connectivity index (χ1v) is 5.52. The lowest BCUT2D eigenvalue weighted by Crippen LogP contribution is -2.26. The summed E-state index contributed by atoms with van der Waals surface area (Å²) in [6.07, 6.45) is 3.91. The molecule has 0 aliphatic heterocycles. The van der Waals surface area contributed by atoms with E-state index in [0.717, 1.165) is 19.3 Å². The first kappa shape index (κ1) is 11.7. The van der Waals surface area contributed by atoms with Crippen LogP contribution in [-0.2, 0) is 9.53 Å². The second kappa shape index (κ2) is 6.14. The van der Waals surface area contributed by atoms with E-state index in [1.807, 2.05) is 6.92 Å². The highest BCUT2D eigenvalue weighted by atomic mass is 16.5. The topological polar surface area (TPSA) is 46.5 Å². The highest BCUT2D eigenvalue weighted by Crippen LogP contribution is 2.24. The van der Waals surface area contributed by atoms with E-state index in [-0.39, 0.29) is 5.92 Å². The van der Waals surface area contributed by atoms with E-state index in [1.54, 1.807) is 0 Å². The number of hydrogen-bond donors (Lipinski definition) is 1. The molecule has 1 aliphatic rings. The minimum Gasteiger partial charge on any atom is -0.391 e. The second-order valence-electron chi connectivity index (χ2n) is 3.96. The van der Waals surface area contributed by atoms with Gasteiger partial charge in [-0.3, -0.25) is 4.79 Å². The van der Waals surface area contributed by atoms with Gasteiger partial charge in [0.15, 0.2) is 0 Å². The van der Waals surface area contributed by atoms with Gasteiger partial charge in [0.25, 0.3) is 0 Å². The summed E-state index contributed by atoms with van der Waals surface area (Å²) in [5, 5.41) is 9.57. The zero-order valence-corrected chi connectivity index (χ0v) is 8.87. The van der Waals surface area contributed by atoms with Gasteiger partial charge in [-0.15, -0.1) is 0 Å². The summed E-state index contributed by atoms with van der Waals surface area (Å²) in [7, 11) is 0. The Morgan fingerprint density at radius 1 is 1.57 bits per heavy atom. The van der Waals surface area contributed by atoms with Gasteiger partial charge in [0, 0.05) is 18.9 Å². The molecule has 0 heterocycles. The van der Waals surface area contributed by atoms with Gasteiger partial charge in [0.2, 0.25) is 0 Å². The Bertz CT molecular complexity index is 179. The van der Waals surface area contributed by atoms with Gasteiger partial charge < -0.3 is 9.84 Å². The molecular formula is C11H20O3. The van der Waals surface area contributed by atoms with Crippen molar-refractivity contribution in [2.75, 3.05) is 13.2 Å². The van der Waals surface area contributed by atoms with Crippen molar-refractivity contribution in [2.24, 2.45) is 5.92 Å². The number of hydrogen-bond acceptors (Lipinski definition) is 3. The van der Waals surface area contributed by atoms with Crippen molar-refractivity contribution in [2.45, 2.75) is 45.1 Å². The molecule has 0 spiro atoms. The molecule has 3 heteroatoms. The van der Waals surface area contributed by atoms with Gasteiger partial charge in [-0.1, -0.05) is 6.42 Å². The third-order valence-electron chi connectivity index (χ3n) is 2.75. The Hall–Kier alpha value is -0.410. The largest absolute Gasteiger partial charge is 0.391 e. The molecule has 14 heavy (non-hydrogen) atoms. The van der Waals surface area contributed by atoms with Crippen LogP contribution in [0.25, 0.3) is 0 Å². The van der Waals surface area contributed by atoms with Crippen LogP contribution in [0.4, 0.5) is 0 Å². The number of aliphatic hydroxyl groups excluding tert-OH is 1. The average molecular weight is 200 g/mol. The normalized spacial score (nSPS) is 25.0. The van der Waals surface area contributed by atoms with E-state index < -0.39 is 6.10 Å². The molecule has 1 rings (SSSR count). The molecule has 0 saturated heterocycles. The van der Waals surface area contributed by atoms with Gasteiger partial charge in [0.1, 0.15) is 5.78 Å². The number of carbonyl (C=O) groups excluding carboxylic acids is 1. The van der Waals surface area contributed by atoms with Crippen LogP contribution in [0, 0.1) is 5.92 Å². The summed E-state index contributed by atoms with van der Waals surface area (Å²) in [4.78, 5) is 11.5. The first-order chi connectivity index (χ1) is 6.74. The fourth-order valence-electron chi connectivity index (χ4n) is 1.95. The number of aliphatic hydroxyl groups is 1. The van der Waals surface area contributed by atoms with Crippen LogP contribution in [0.2, 0.25) is 0 Å². The van der Waals surface area contributed by atoms with Crippen molar-refractivity contribution < 1.29 is 14.6 Å². The van der Waals surface area contributed by atoms with E-state index in [1.165, 1.54) is 0 Å². The third-order valence-corrected chi connectivity index (χ3v) is 2.75. The molecule has 82 valence electrons. The Balaban J connectivity index is 2.23. The molecular weight excluding hydrogens is 180 g/mol. The molecule has 2 atom stereocenters. The zero-order chi connectivity index (χ0) is 10.4. The van der Waals surface area contributed by atoms with Crippen molar-refractivity contribution >= 4 is 5.78 Å². The third kappa shape index (κ3) is 3.76. The molecule has 1 saturated carbocycles. The summed E-state index contributed by atoms with van der Waals surface area (Å²) < 4.78 is 5.11. The molecule has 2 unspecified atom stereocenters. The molecule has 0 aromatic heterocycles. The molecule has 0 radical (unpaired) electrons. The zero-order valence-electron chi connectivity index (χ0n) is 8.87. The fourth-order valence-corrected chi connectivity index (χ4v) is 1.95. The smallest absolute Gasteiger partial charge is 0.136 e. The number of ether oxygens (including phenoxy) is 1. The molecule has 0 aromatic carbocycles. The van der Waals surface area contributed by atoms with Crippen molar-refractivity contribution in [1.29, 1.82) is 0 Å². The molecule has 3 nitrogen and oxygen atoms in total. The van der Waals surface area contributed by atoms with E-state index in [2.05, 4.69) is 0 Å². The molecule has 1 N–H and O–H groups in total. The second-order valence-corrected chi connectivity index (χ2v) is 3.96. The summed E-state index contributed by atoms with van der Waals surface area (Å²) in [6.45, 7) is 2.88. The predicted octanol–water partition coefficient (Wildman–Crippen LogP) is 1.53. The SMILES string of the molecule is CCOCC(O)CC1CCCCC1=O. The van der Waals surface area contributed by atoms with Crippen molar-refractivity contribution in [3.05, 3.63) is 0 Å². The van der Waals surface area contributed by atoms with Gasteiger partial charge in [0.05, 0.1) is 12.7 Å². The van der Waals surface area contributed by atoms with E-state index in [4.69, 9.17) is 4.74 Å². The van der Waals surface area contributed by atoms with E-state index >= 15 is 0 Å². The van der Waals surface area contributed by atoms with Gasteiger partial charge >= 0.3 is 0 Å². The predicted molar refractivity (Wildman–Crippen MR) is 54.1 cm³/mol. The van der Waals surface area contributed by atoms with Crippen molar-refractivity contribution in [3.8, 4) is 0 Å². The maximum absolute atomic E-state index is 11.5. The monoisotopic (exact) mass is 200 g/mol. The molecule has 0 amide bonds. The average Bonchev–Trinajstić information content (AvgIpc) is 2.18. The van der Waals surface area contributed by atoms with Crippen molar-refractivity contribution in [3.63, 3.8) is 0 Å². The minimum absolute atomic E-state index is 0.0826. The van der Waals surface area contributed by atoms with Crippen LogP contribution in [-0.4, -0.2) is 30.2 Å². The minimum atomic E-state index is -0.470. The first-order valence-electron chi connectivity index (χ1n) is 5.52. The van der Waals surface area contributed by atoms with Crippen LogP contribution in [0.5, 0.6) is 0 Å². The number of rotatable bonds is 5. The summed E-state index contributed by atoms with van der Waals surface area (Å²) >= 11 is 0. The van der Waals surface area contributed by atoms with Gasteiger partial charge in [-0.25, -0.2) is 0 Å². The molecule has 0 aromatic rings. The van der Waals surface area contributed by atoms with Crippen LogP contribution in [0.15, 0.2) is 0 Å². The summed E-state index contributed by atoms with van der Waals surface area (Å²) in [6, 6.07) is 0. The van der Waals surface area contributed by atoms with Gasteiger partial charge in [-0.05, 0) is 26.2 Å².